The molecular weight excluding hydrogens is 455 g/mol. The zero-order valence-electron chi connectivity index (χ0n) is 15.9. The number of aryl methyl sites for hydroxylation is 1. The summed E-state index contributed by atoms with van der Waals surface area (Å²) in [5, 5.41) is 6.54. The van der Waals surface area contributed by atoms with Crippen LogP contribution in [0.15, 0.2) is 47.5 Å². The van der Waals surface area contributed by atoms with Gasteiger partial charge in [0.05, 0.1) is 6.61 Å². The van der Waals surface area contributed by atoms with Crippen molar-refractivity contribution in [2.24, 2.45) is 10.7 Å². The van der Waals surface area contributed by atoms with Gasteiger partial charge in [0.1, 0.15) is 5.75 Å². The fourth-order valence-corrected chi connectivity index (χ4v) is 2.47. The van der Waals surface area contributed by atoms with Crippen LogP contribution in [0, 0.1) is 6.92 Å². The van der Waals surface area contributed by atoms with E-state index < -0.39 is 5.91 Å². The molecule has 0 bridgehead atoms. The third kappa shape index (κ3) is 7.09. The van der Waals surface area contributed by atoms with Gasteiger partial charge in [0.2, 0.25) is 5.91 Å². The van der Waals surface area contributed by atoms with Gasteiger partial charge in [0, 0.05) is 31.3 Å². The predicted molar refractivity (Wildman–Crippen MR) is 120 cm³/mol. The Morgan fingerprint density at radius 2 is 1.78 bits per heavy atom. The molecule has 1 amide bonds. The number of primary amides is 1. The van der Waals surface area contributed by atoms with E-state index in [-0.39, 0.29) is 24.0 Å². The molecule has 0 atom stereocenters. The van der Waals surface area contributed by atoms with E-state index in [1.165, 1.54) is 5.56 Å². The van der Waals surface area contributed by atoms with Crippen LogP contribution in [-0.4, -0.2) is 25.5 Å². The lowest BCUT2D eigenvalue weighted by molar-refractivity contribution is 0.100. The molecule has 0 saturated carbocycles. The number of benzene rings is 2. The van der Waals surface area contributed by atoms with Crippen molar-refractivity contribution in [2.45, 2.75) is 26.9 Å². The van der Waals surface area contributed by atoms with Crippen LogP contribution in [0.5, 0.6) is 5.75 Å². The first-order chi connectivity index (χ1) is 12.5. The van der Waals surface area contributed by atoms with Crippen molar-refractivity contribution < 1.29 is 9.53 Å². The monoisotopic (exact) mass is 482 g/mol. The summed E-state index contributed by atoms with van der Waals surface area (Å²) in [5.41, 5.74) is 9.02. The van der Waals surface area contributed by atoms with Crippen LogP contribution in [0.1, 0.15) is 34.0 Å². The molecule has 0 saturated heterocycles. The standard InChI is InChI=1S/C20H26N4O2.HI/c1-4-26-18-11-14(2)5-8-17(18)13-24-20(22-3)23-12-15-6-9-16(10-7-15)19(21)25;/h5-11H,4,12-13H2,1-3H3,(H2,21,25)(H2,22,23,24);1H. The molecule has 0 unspecified atom stereocenters. The Morgan fingerprint density at radius 3 is 2.37 bits per heavy atom. The van der Waals surface area contributed by atoms with Crippen molar-refractivity contribution in [3.05, 3.63) is 64.7 Å². The van der Waals surface area contributed by atoms with E-state index in [9.17, 15) is 4.79 Å². The third-order valence-corrected chi connectivity index (χ3v) is 3.89. The average molecular weight is 482 g/mol. The Labute approximate surface area is 177 Å². The summed E-state index contributed by atoms with van der Waals surface area (Å²) in [6, 6.07) is 13.3. The number of nitrogens with one attached hydrogen (secondary N) is 2. The van der Waals surface area contributed by atoms with Crippen molar-refractivity contribution >= 4 is 35.8 Å². The van der Waals surface area contributed by atoms with E-state index in [1.807, 2.05) is 32.0 Å². The van der Waals surface area contributed by atoms with Crippen LogP contribution in [0.2, 0.25) is 0 Å². The van der Waals surface area contributed by atoms with E-state index in [0.717, 1.165) is 16.9 Å². The van der Waals surface area contributed by atoms with Crippen LogP contribution in [0.3, 0.4) is 0 Å². The summed E-state index contributed by atoms with van der Waals surface area (Å²) in [4.78, 5) is 15.3. The molecule has 2 aromatic carbocycles. The van der Waals surface area contributed by atoms with Crippen molar-refractivity contribution in [3.63, 3.8) is 0 Å². The number of carbonyl (C=O) groups excluding carboxylic acids is 1. The first kappa shape index (κ1) is 22.8. The molecular formula is C20H27IN4O2. The van der Waals surface area contributed by atoms with E-state index in [1.54, 1.807) is 19.2 Å². The molecule has 2 aromatic rings. The maximum Gasteiger partial charge on any atom is 0.248 e. The lowest BCUT2D eigenvalue weighted by Gasteiger charge is -2.15. The van der Waals surface area contributed by atoms with Crippen LogP contribution < -0.4 is 21.1 Å². The average Bonchev–Trinajstić information content (AvgIpc) is 2.64. The number of ether oxygens (including phenoxy) is 1. The molecule has 7 heteroatoms. The topological polar surface area (TPSA) is 88.7 Å². The van der Waals surface area contributed by atoms with Crippen molar-refractivity contribution in [1.82, 2.24) is 10.6 Å². The summed E-state index contributed by atoms with van der Waals surface area (Å²) >= 11 is 0. The third-order valence-electron chi connectivity index (χ3n) is 3.89. The number of halogens is 1. The van der Waals surface area contributed by atoms with Gasteiger partial charge in [-0.2, -0.15) is 0 Å². The summed E-state index contributed by atoms with van der Waals surface area (Å²) < 4.78 is 5.71. The first-order valence-electron chi connectivity index (χ1n) is 8.59. The molecule has 0 heterocycles. The Hall–Kier alpha value is -2.29. The molecule has 0 spiro atoms. The van der Waals surface area contributed by atoms with E-state index >= 15 is 0 Å². The number of guanidine groups is 1. The highest BCUT2D eigenvalue weighted by atomic mass is 127. The van der Waals surface area contributed by atoms with Crippen molar-refractivity contribution in [1.29, 1.82) is 0 Å². The summed E-state index contributed by atoms with van der Waals surface area (Å²) in [6.45, 7) is 5.85. The van der Waals surface area contributed by atoms with Crippen LogP contribution >= 0.6 is 24.0 Å². The smallest absolute Gasteiger partial charge is 0.248 e. The van der Waals surface area contributed by atoms with Gasteiger partial charge in [-0.15, -0.1) is 24.0 Å². The van der Waals surface area contributed by atoms with Gasteiger partial charge >= 0.3 is 0 Å². The minimum absolute atomic E-state index is 0. The molecule has 6 nitrogen and oxygen atoms in total. The Kier molecular flexibility index (Phi) is 9.63. The summed E-state index contributed by atoms with van der Waals surface area (Å²) in [7, 11) is 1.73. The van der Waals surface area contributed by atoms with E-state index in [2.05, 4.69) is 27.8 Å². The quantitative estimate of drug-likeness (QED) is 0.322. The molecule has 146 valence electrons. The number of hydrogen-bond acceptors (Lipinski definition) is 3. The zero-order valence-corrected chi connectivity index (χ0v) is 18.2. The summed E-state index contributed by atoms with van der Waals surface area (Å²) in [6.07, 6.45) is 0. The minimum Gasteiger partial charge on any atom is -0.494 e. The van der Waals surface area contributed by atoms with Gasteiger partial charge < -0.3 is 21.1 Å². The highest BCUT2D eigenvalue weighted by molar-refractivity contribution is 14.0. The summed E-state index contributed by atoms with van der Waals surface area (Å²) in [5.74, 6) is 1.15. The number of nitrogens with two attached hydrogens (primary N) is 1. The molecule has 0 aliphatic rings. The highest BCUT2D eigenvalue weighted by Gasteiger charge is 2.06. The van der Waals surface area contributed by atoms with E-state index in [4.69, 9.17) is 10.5 Å². The number of hydrogen-bond donors (Lipinski definition) is 3. The lowest BCUT2D eigenvalue weighted by Crippen LogP contribution is -2.36. The number of aliphatic imine (C=N–C) groups is 1. The fourth-order valence-electron chi connectivity index (χ4n) is 2.47. The Morgan fingerprint density at radius 1 is 1.11 bits per heavy atom. The molecule has 0 radical (unpaired) electrons. The zero-order chi connectivity index (χ0) is 18.9. The molecule has 0 aliphatic carbocycles. The number of amides is 1. The number of rotatable bonds is 7. The van der Waals surface area contributed by atoms with Gasteiger partial charge in [-0.3, -0.25) is 9.79 Å². The molecule has 2 rings (SSSR count). The van der Waals surface area contributed by atoms with Crippen LogP contribution in [-0.2, 0) is 13.1 Å². The van der Waals surface area contributed by atoms with Gasteiger partial charge in [-0.1, -0.05) is 24.3 Å². The second-order valence-corrected chi connectivity index (χ2v) is 5.88. The lowest BCUT2D eigenvalue weighted by atomic mass is 10.1. The second kappa shape index (κ2) is 11.4. The molecule has 0 fully saturated rings. The molecule has 0 aromatic heterocycles. The molecule has 27 heavy (non-hydrogen) atoms. The second-order valence-electron chi connectivity index (χ2n) is 5.88. The highest BCUT2D eigenvalue weighted by Crippen LogP contribution is 2.20. The van der Waals surface area contributed by atoms with Gasteiger partial charge in [0.25, 0.3) is 0 Å². The first-order valence-corrected chi connectivity index (χ1v) is 8.59. The molecule has 4 N–H and O–H groups in total. The SMILES string of the molecule is CCOc1cc(C)ccc1CNC(=NC)NCc1ccc(C(N)=O)cc1.I. The predicted octanol–water partition coefficient (Wildman–Crippen LogP) is 2.98. The maximum absolute atomic E-state index is 11.1. The van der Waals surface area contributed by atoms with Gasteiger partial charge in [-0.05, 0) is 43.2 Å². The number of carbonyl (C=O) groups is 1. The number of nitrogens with zero attached hydrogens (tertiary/aromatic N) is 1. The Balaban J connectivity index is 0.00000364. The normalized spacial score (nSPS) is 10.7. The van der Waals surface area contributed by atoms with Crippen LogP contribution in [0.4, 0.5) is 0 Å². The van der Waals surface area contributed by atoms with Gasteiger partial charge in [-0.25, -0.2) is 0 Å². The Bertz CT molecular complexity index is 776. The minimum atomic E-state index is -0.426. The molecule has 0 aliphatic heterocycles. The van der Waals surface area contributed by atoms with E-state index in [0.29, 0.717) is 31.2 Å². The largest absolute Gasteiger partial charge is 0.494 e. The fraction of sp³-hybridized carbons (Fsp3) is 0.300. The van der Waals surface area contributed by atoms with Crippen LogP contribution in [0.25, 0.3) is 0 Å². The van der Waals surface area contributed by atoms with Gasteiger partial charge in [0.15, 0.2) is 5.96 Å². The van der Waals surface area contributed by atoms with Crippen molar-refractivity contribution in [2.75, 3.05) is 13.7 Å². The van der Waals surface area contributed by atoms with Crippen molar-refractivity contribution in [3.8, 4) is 5.75 Å². The maximum atomic E-state index is 11.1.